The van der Waals surface area contributed by atoms with Gasteiger partial charge in [-0.2, -0.15) is 0 Å². The molecule has 1 amide bonds. The smallest absolute Gasteiger partial charge is 0.326 e. The number of rotatable bonds is 9. The maximum Gasteiger partial charge on any atom is 0.326 e. The van der Waals surface area contributed by atoms with E-state index in [-0.39, 0.29) is 39.8 Å². The Hall–Kier alpha value is -3.10. The lowest BCUT2D eigenvalue weighted by Gasteiger charge is -2.31. The molecular formula is C28H32Cl2N4O4. The van der Waals surface area contributed by atoms with E-state index in [1.807, 2.05) is 12.1 Å². The number of carbonyl (C=O) groups is 3. The summed E-state index contributed by atoms with van der Waals surface area (Å²) in [7, 11) is 0. The van der Waals surface area contributed by atoms with Crippen LogP contribution in [-0.4, -0.2) is 53.9 Å². The van der Waals surface area contributed by atoms with E-state index in [4.69, 9.17) is 23.2 Å². The number of amides is 1. The van der Waals surface area contributed by atoms with Crippen LogP contribution in [0, 0.1) is 5.92 Å². The first-order chi connectivity index (χ1) is 18.3. The van der Waals surface area contributed by atoms with Crippen LogP contribution in [0.4, 0.5) is 0 Å². The number of carboxylic acid groups (broad SMARTS) is 1. The molecule has 4 rings (SSSR count). The van der Waals surface area contributed by atoms with Crippen LogP contribution in [0.25, 0.3) is 0 Å². The van der Waals surface area contributed by atoms with Crippen molar-refractivity contribution in [1.29, 1.82) is 0 Å². The van der Waals surface area contributed by atoms with Gasteiger partial charge in [0, 0.05) is 37.9 Å². The Balaban J connectivity index is 1.32. The lowest BCUT2D eigenvalue weighted by molar-refractivity contribution is -0.139. The Bertz CT molecular complexity index is 1180. The molecule has 0 unspecified atom stereocenters. The molecule has 3 atom stereocenters. The minimum atomic E-state index is -1.17. The van der Waals surface area contributed by atoms with Gasteiger partial charge >= 0.3 is 5.97 Å². The number of guanidine groups is 1. The SMILES string of the molecule is O=C(N[C@@H](Cc1ccc(CC(=O)[C@H]2CCC[C@H](NC3=NCCCN3)C2)cc1)C(=O)O)c1c(Cl)cccc1Cl. The fraction of sp³-hybridized carbons (Fsp3) is 0.429. The number of Topliss-reactive ketones (excluding diaryl/α,β-unsaturated/α-hetero) is 1. The Labute approximate surface area is 232 Å². The van der Waals surface area contributed by atoms with Gasteiger partial charge in [0.25, 0.3) is 5.91 Å². The number of aliphatic imine (C=N–C) groups is 1. The van der Waals surface area contributed by atoms with E-state index in [0.717, 1.165) is 62.3 Å². The number of hydrogen-bond acceptors (Lipinski definition) is 6. The fourth-order valence-corrected chi connectivity index (χ4v) is 5.52. The summed E-state index contributed by atoms with van der Waals surface area (Å²) in [5, 5.41) is 19.2. The van der Waals surface area contributed by atoms with Gasteiger partial charge in [-0.15, -0.1) is 0 Å². The Morgan fingerprint density at radius 1 is 1.03 bits per heavy atom. The van der Waals surface area contributed by atoms with Crippen molar-refractivity contribution in [2.75, 3.05) is 13.1 Å². The summed E-state index contributed by atoms with van der Waals surface area (Å²) in [6, 6.07) is 11.0. The summed E-state index contributed by atoms with van der Waals surface area (Å²) in [6.45, 7) is 1.75. The molecule has 38 heavy (non-hydrogen) atoms. The number of halogens is 2. The molecule has 0 aromatic heterocycles. The number of carboxylic acids is 1. The van der Waals surface area contributed by atoms with Crippen molar-refractivity contribution in [2.24, 2.45) is 10.9 Å². The Morgan fingerprint density at radius 3 is 2.39 bits per heavy atom. The number of nitrogens with one attached hydrogen (secondary N) is 3. The van der Waals surface area contributed by atoms with E-state index in [9.17, 15) is 19.5 Å². The predicted molar refractivity (Wildman–Crippen MR) is 148 cm³/mol. The summed E-state index contributed by atoms with van der Waals surface area (Å²) in [5.74, 6) is -0.753. The predicted octanol–water partition coefficient (Wildman–Crippen LogP) is 4.03. The molecule has 1 heterocycles. The Kier molecular flexibility index (Phi) is 9.63. The van der Waals surface area contributed by atoms with Gasteiger partial charge in [-0.1, -0.05) is 60.0 Å². The first kappa shape index (κ1) is 27.9. The van der Waals surface area contributed by atoms with Gasteiger partial charge < -0.3 is 21.1 Å². The third-order valence-electron chi connectivity index (χ3n) is 7.00. The average Bonchev–Trinajstić information content (AvgIpc) is 2.90. The van der Waals surface area contributed by atoms with Gasteiger partial charge in [-0.25, -0.2) is 4.79 Å². The molecule has 4 N–H and O–H groups in total. The van der Waals surface area contributed by atoms with Crippen molar-refractivity contribution in [2.45, 2.75) is 57.0 Å². The summed E-state index contributed by atoms with van der Waals surface area (Å²) in [5.41, 5.74) is 1.65. The van der Waals surface area contributed by atoms with E-state index in [0.29, 0.717) is 6.42 Å². The van der Waals surface area contributed by atoms with Crippen LogP contribution >= 0.6 is 23.2 Å². The van der Waals surface area contributed by atoms with E-state index >= 15 is 0 Å². The van der Waals surface area contributed by atoms with Gasteiger partial charge in [-0.3, -0.25) is 14.6 Å². The maximum atomic E-state index is 13.0. The second-order valence-corrected chi connectivity index (χ2v) is 10.7. The highest BCUT2D eigenvalue weighted by Gasteiger charge is 2.28. The zero-order chi connectivity index (χ0) is 27.1. The van der Waals surface area contributed by atoms with E-state index < -0.39 is 17.9 Å². The van der Waals surface area contributed by atoms with Crippen LogP contribution in [0.1, 0.15) is 53.6 Å². The van der Waals surface area contributed by atoms with Crippen LogP contribution in [0.15, 0.2) is 47.5 Å². The quantitative estimate of drug-likeness (QED) is 0.369. The van der Waals surface area contributed by atoms with Crippen LogP contribution in [-0.2, 0) is 22.4 Å². The number of nitrogens with zero attached hydrogens (tertiary/aromatic N) is 1. The lowest BCUT2D eigenvalue weighted by atomic mass is 9.81. The van der Waals surface area contributed by atoms with Crippen LogP contribution in [0.5, 0.6) is 0 Å². The molecule has 1 saturated carbocycles. The van der Waals surface area contributed by atoms with E-state index in [1.54, 1.807) is 18.2 Å². The monoisotopic (exact) mass is 558 g/mol. The highest BCUT2D eigenvalue weighted by molar-refractivity contribution is 6.39. The van der Waals surface area contributed by atoms with E-state index in [1.165, 1.54) is 12.1 Å². The molecule has 1 aliphatic heterocycles. The minimum Gasteiger partial charge on any atom is -0.480 e. The van der Waals surface area contributed by atoms with Crippen molar-refractivity contribution in [3.63, 3.8) is 0 Å². The normalized spacial score (nSPS) is 20.0. The molecule has 2 aromatic carbocycles. The van der Waals surface area contributed by atoms with Crippen LogP contribution < -0.4 is 16.0 Å². The second kappa shape index (κ2) is 13.1. The highest BCUT2D eigenvalue weighted by Crippen LogP contribution is 2.27. The average molecular weight is 559 g/mol. The Morgan fingerprint density at radius 2 is 1.74 bits per heavy atom. The maximum absolute atomic E-state index is 13.0. The van der Waals surface area contributed by atoms with Gasteiger partial charge in [0.1, 0.15) is 11.8 Å². The van der Waals surface area contributed by atoms with Crippen LogP contribution in [0.3, 0.4) is 0 Å². The van der Waals surface area contributed by atoms with Crippen LogP contribution in [0.2, 0.25) is 10.0 Å². The number of benzene rings is 2. The molecule has 0 spiro atoms. The van der Waals surface area contributed by atoms with Crippen molar-refractivity contribution in [1.82, 2.24) is 16.0 Å². The number of carbonyl (C=O) groups excluding carboxylic acids is 2. The number of aliphatic carboxylic acids is 1. The number of ketones is 1. The molecule has 2 aromatic rings. The van der Waals surface area contributed by atoms with Crippen molar-refractivity contribution in [3.05, 3.63) is 69.2 Å². The second-order valence-electron chi connectivity index (χ2n) is 9.84. The highest BCUT2D eigenvalue weighted by atomic mass is 35.5. The third kappa shape index (κ3) is 7.48. The standard InChI is InChI=1S/C28H32Cl2N4O4/c29-21-6-2-7-22(30)25(21)26(36)34-23(27(37)38)14-17-8-10-18(11-9-17)15-24(35)19-4-1-5-20(16-19)33-28-31-12-3-13-32-28/h2,6-11,19-20,23H,1,3-5,12-16H2,(H,34,36)(H,37,38)(H2,31,32,33)/t19-,20-,23-/m0/s1. The molecule has 8 nitrogen and oxygen atoms in total. The molecule has 1 fully saturated rings. The summed E-state index contributed by atoms with van der Waals surface area (Å²) in [4.78, 5) is 42.0. The number of hydrogen-bond donors (Lipinski definition) is 4. The largest absolute Gasteiger partial charge is 0.480 e. The fourth-order valence-electron chi connectivity index (χ4n) is 4.96. The lowest BCUT2D eigenvalue weighted by Crippen LogP contribution is -2.47. The molecule has 0 radical (unpaired) electrons. The molecule has 2 aliphatic rings. The minimum absolute atomic E-state index is 0.00774. The summed E-state index contributed by atoms with van der Waals surface area (Å²) < 4.78 is 0. The first-order valence-corrected chi connectivity index (χ1v) is 13.7. The molecular weight excluding hydrogens is 527 g/mol. The summed E-state index contributed by atoms with van der Waals surface area (Å²) in [6.07, 6.45) is 5.17. The van der Waals surface area contributed by atoms with Crippen molar-refractivity contribution < 1.29 is 19.5 Å². The van der Waals surface area contributed by atoms with Crippen molar-refractivity contribution in [3.8, 4) is 0 Å². The van der Waals surface area contributed by atoms with Gasteiger partial charge in [0.05, 0.1) is 15.6 Å². The molecule has 0 bridgehead atoms. The molecule has 202 valence electrons. The zero-order valence-electron chi connectivity index (χ0n) is 21.0. The van der Waals surface area contributed by atoms with Gasteiger partial charge in [-0.05, 0) is 48.9 Å². The van der Waals surface area contributed by atoms with E-state index in [2.05, 4.69) is 20.9 Å². The zero-order valence-corrected chi connectivity index (χ0v) is 22.5. The van der Waals surface area contributed by atoms with Crippen molar-refractivity contribution >= 4 is 46.8 Å². The third-order valence-corrected chi connectivity index (χ3v) is 7.63. The van der Waals surface area contributed by atoms with Gasteiger partial charge in [0.2, 0.25) is 0 Å². The van der Waals surface area contributed by atoms with Gasteiger partial charge in [0.15, 0.2) is 5.96 Å². The molecule has 10 heteroatoms. The first-order valence-electron chi connectivity index (χ1n) is 12.9. The summed E-state index contributed by atoms with van der Waals surface area (Å²) >= 11 is 12.2. The molecule has 1 aliphatic carbocycles. The molecule has 0 saturated heterocycles. The topological polar surface area (TPSA) is 120 Å².